The summed E-state index contributed by atoms with van der Waals surface area (Å²) in [6.07, 6.45) is -0.00451. The molecule has 2 N–H and O–H groups in total. The minimum absolute atomic E-state index is 0.385. The molecule has 0 aromatic carbocycles. The fourth-order valence-corrected chi connectivity index (χ4v) is 0.382. The van der Waals surface area contributed by atoms with Gasteiger partial charge in [-0.25, -0.2) is 4.79 Å². The van der Waals surface area contributed by atoms with Gasteiger partial charge < -0.3 is 14.9 Å². The highest BCUT2D eigenvalue weighted by Gasteiger charge is 2.06. The Kier molecular flexibility index (Phi) is 4.49. The summed E-state index contributed by atoms with van der Waals surface area (Å²) in [6.45, 7) is 2.90. The van der Waals surface area contributed by atoms with E-state index in [0.29, 0.717) is 5.57 Å². The minimum Gasteiger partial charge on any atom is -0.457 e. The second-order valence-electron chi connectivity index (χ2n) is 2.05. The Morgan fingerprint density at radius 3 is 2.55 bits per heavy atom. The van der Waals surface area contributed by atoms with E-state index in [1.807, 2.05) is 0 Å². The second kappa shape index (κ2) is 4.87. The molecule has 0 aliphatic rings. The third-order valence-corrected chi connectivity index (χ3v) is 1.12. The second-order valence-corrected chi connectivity index (χ2v) is 2.05. The van der Waals surface area contributed by atoms with Gasteiger partial charge in [0.1, 0.15) is 6.61 Å². The molecule has 0 heterocycles. The topological polar surface area (TPSA) is 66.8 Å². The van der Waals surface area contributed by atoms with Crippen LogP contribution in [0.1, 0.15) is 13.8 Å². The zero-order chi connectivity index (χ0) is 8.85. The monoisotopic (exact) mass is 160 g/mol. The van der Waals surface area contributed by atoms with Crippen LogP contribution in [0.25, 0.3) is 0 Å². The van der Waals surface area contributed by atoms with Crippen molar-refractivity contribution in [1.29, 1.82) is 0 Å². The number of rotatable bonds is 3. The molecule has 0 aromatic heterocycles. The molecule has 0 saturated heterocycles. The number of ether oxygens (including phenoxy) is 1. The molecule has 0 saturated carbocycles. The first kappa shape index (κ1) is 10.1. The lowest BCUT2D eigenvalue weighted by Crippen LogP contribution is -2.17. The van der Waals surface area contributed by atoms with E-state index in [0.717, 1.165) is 0 Å². The first-order chi connectivity index (χ1) is 5.07. The molecular weight excluding hydrogens is 148 g/mol. The molecule has 11 heavy (non-hydrogen) atoms. The summed E-state index contributed by atoms with van der Waals surface area (Å²) < 4.78 is 4.45. The van der Waals surface area contributed by atoms with Crippen molar-refractivity contribution in [3.8, 4) is 0 Å². The third-order valence-electron chi connectivity index (χ3n) is 1.12. The zero-order valence-electron chi connectivity index (χ0n) is 6.57. The fourth-order valence-electron chi connectivity index (χ4n) is 0.382. The molecule has 0 fully saturated rings. The highest BCUT2D eigenvalue weighted by molar-refractivity contribution is 5.87. The van der Waals surface area contributed by atoms with E-state index < -0.39 is 12.3 Å². The van der Waals surface area contributed by atoms with Gasteiger partial charge in [0.2, 0.25) is 0 Å². The summed E-state index contributed by atoms with van der Waals surface area (Å²) >= 11 is 0. The number of allylic oxidation sites excluding steroid dienone is 1. The smallest absolute Gasteiger partial charge is 0.333 e. The van der Waals surface area contributed by atoms with Crippen LogP contribution in [0.2, 0.25) is 0 Å². The summed E-state index contributed by atoms with van der Waals surface area (Å²) in [6, 6.07) is 0. The van der Waals surface area contributed by atoms with Crippen LogP contribution in [-0.2, 0) is 9.53 Å². The van der Waals surface area contributed by atoms with E-state index in [2.05, 4.69) is 4.74 Å². The van der Waals surface area contributed by atoms with E-state index in [9.17, 15) is 4.79 Å². The standard InChI is InChI=1S/C7H12O4/c1-3-5(2)7(10)11-4-6(8)9/h3,6,8-9H,4H2,1-2H3. The van der Waals surface area contributed by atoms with Gasteiger partial charge in [0.25, 0.3) is 0 Å². The molecule has 0 aliphatic heterocycles. The van der Waals surface area contributed by atoms with Crippen LogP contribution in [0.4, 0.5) is 0 Å². The Bertz CT molecular complexity index is 160. The lowest BCUT2D eigenvalue weighted by molar-refractivity contribution is -0.151. The number of carbonyl (C=O) groups excluding carboxylic acids is 1. The van der Waals surface area contributed by atoms with Crippen LogP contribution in [0, 0.1) is 0 Å². The number of aliphatic hydroxyl groups excluding tert-OH is 1. The van der Waals surface area contributed by atoms with E-state index in [-0.39, 0.29) is 6.61 Å². The van der Waals surface area contributed by atoms with Crippen molar-refractivity contribution in [2.75, 3.05) is 6.61 Å². The van der Waals surface area contributed by atoms with Gasteiger partial charge in [0.05, 0.1) is 0 Å². The Labute approximate surface area is 65.1 Å². The van der Waals surface area contributed by atoms with Crippen LogP contribution in [0.3, 0.4) is 0 Å². The molecule has 0 amide bonds. The molecule has 0 unspecified atom stereocenters. The van der Waals surface area contributed by atoms with Crippen LogP contribution in [-0.4, -0.2) is 29.1 Å². The Morgan fingerprint density at radius 1 is 1.64 bits per heavy atom. The molecule has 0 rings (SSSR count). The lowest BCUT2D eigenvalue weighted by Gasteiger charge is -2.04. The summed E-state index contributed by atoms with van der Waals surface area (Å²) in [7, 11) is 0. The fraction of sp³-hybridized carbons (Fsp3) is 0.571. The van der Waals surface area contributed by atoms with E-state index in [1.165, 1.54) is 0 Å². The molecule has 0 spiro atoms. The highest BCUT2D eigenvalue weighted by Crippen LogP contribution is 1.95. The predicted molar refractivity (Wildman–Crippen MR) is 38.6 cm³/mol. The van der Waals surface area contributed by atoms with Crippen LogP contribution in [0.15, 0.2) is 11.6 Å². The maximum atomic E-state index is 10.8. The third kappa shape index (κ3) is 4.52. The number of carbonyl (C=O) groups is 1. The van der Waals surface area contributed by atoms with Gasteiger partial charge >= 0.3 is 5.97 Å². The van der Waals surface area contributed by atoms with E-state index in [1.54, 1.807) is 19.9 Å². The van der Waals surface area contributed by atoms with Gasteiger partial charge in [-0.3, -0.25) is 0 Å². The summed E-state index contributed by atoms with van der Waals surface area (Å²) in [5, 5.41) is 16.6. The van der Waals surface area contributed by atoms with Gasteiger partial charge in [-0.15, -0.1) is 0 Å². The lowest BCUT2D eigenvalue weighted by atomic mass is 10.3. The normalized spacial score (nSPS) is 11.9. The van der Waals surface area contributed by atoms with Gasteiger partial charge in [0.15, 0.2) is 6.29 Å². The first-order valence-corrected chi connectivity index (χ1v) is 3.24. The van der Waals surface area contributed by atoms with Gasteiger partial charge in [-0.05, 0) is 13.8 Å². The van der Waals surface area contributed by atoms with Gasteiger partial charge in [-0.2, -0.15) is 0 Å². The average Bonchev–Trinajstić information content (AvgIpc) is 1.98. The zero-order valence-corrected chi connectivity index (χ0v) is 6.57. The van der Waals surface area contributed by atoms with Crippen molar-refractivity contribution in [2.45, 2.75) is 20.1 Å². The quantitative estimate of drug-likeness (QED) is 0.341. The Hall–Kier alpha value is -0.870. The van der Waals surface area contributed by atoms with E-state index in [4.69, 9.17) is 10.2 Å². The van der Waals surface area contributed by atoms with Gasteiger partial charge in [0, 0.05) is 5.57 Å². The van der Waals surface area contributed by atoms with Crippen LogP contribution < -0.4 is 0 Å². The van der Waals surface area contributed by atoms with Crippen molar-refractivity contribution < 1.29 is 19.7 Å². The highest BCUT2D eigenvalue weighted by atomic mass is 16.6. The largest absolute Gasteiger partial charge is 0.457 e. The molecule has 64 valence electrons. The van der Waals surface area contributed by atoms with Crippen molar-refractivity contribution in [1.82, 2.24) is 0 Å². The van der Waals surface area contributed by atoms with Gasteiger partial charge in [-0.1, -0.05) is 6.08 Å². The molecule has 4 heteroatoms. The maximum Gasteiger partial charge on any atom is 0.333 e. The SMILES string of the molecule is CC=C(C)C(=O)OCC(O)O. The number of aliphatic hydroxyl groups is 2. The van der Waals surface area contributed by atoms with E-state index >= 15 is 0 Å². The molecule has 0 radical (unpaired) electrons. The Morgan fingerprint density at radius 2 is 2.18 bits per heavy atom. The van der Waals surface area contributed by atoms with Crippen molar-refractivity contribution in [3.63, 3.8) is 0 Å². The van der Waals surface area contributed by atoms with Crippen molar-refractivity contribution in [3.05, 3.63) is 11.6 Å². The van der Waals surface area contributed by atoms with Crippen molar-refractivity contribution >= 4 is 5.97 Å². The van der Waals surface area contributed by atoms with Crippen LogP contribution in [0.5, 0.6) is 0 Å². The average molecular weight is 160 g/mol. The number of esters is 1. The number of hydrogen-bond acceptors (Lipinski definition) is 4. The summed E-state index contributed by atoms with van der Waals surface area (Å²) in [5.74, 6) is -0.527. The molecule has 0 aliphatic carbocycles. The summed E-state index contributed by atoms with van der Waals surface area (Å²) in [4.78, 5) is 10.8. The first-order valence-electron chi connectivity index (χ1n) is 3.24. The van der Waals surface area contributed by atoms with Crippen molar-refractivity contribution in [2.24, 2.45) is 0 Å². The predicted octanol–water partition coefficient (Wildman–Crippen LogP) is -0.194. The summed E-state index contributed by atoms with van der Waals surface area (Å²) in [5.41, 5.74) is 0.450. The minimum atomic E-state index is -1.59. The molecule has 0 aromatic rings. The number of hydrogen-bond donors (Lipinski definition) is 2. The Balaban J connectivity index is 3.71. The molecule has 0 atom stereocenters. The van der Waals surface area contributed by atoms with Crippen LogP contribution >= 0.6 is 0 Å². The molecule has 4 nitrogen and oxygen atoms in total. The maximum absolute atomic E-state index is 10.8. The molecule has 0 bridgehead atoms. The molecular formula is C7H12O4.